The van der Waals surface area contributed by atoms with Crippen molar-refractivity contribution in [2.24, 2.45) is 5.92 Å². The summed E-state index contributed by atoms with van der Waals surface area (Å²) in [6.45, 7) is 9.25. The third-order valence-corrected chi connectivity index (χ3v) is 4.27. The largest absolute Gasteiger partial charge is 0.453 e. The quantitative estimate of drug-likeness (QED) is 0.772. The predicted molar refractivity (Wildman–Crippen MR) is 106 cm³/mol. The molecular weight excluding hydrogens is 344 g/mol. The van der Waals surface area contributed by atoms with Crippen LogP contribution in [0.2, 0.25) is 0 Å². The van der Waals surface area contributed by atoms with Crippen LogP contribution in [0.3, 0.4) is 0 Å². The van der Waals surface area contributed by atoms with Gasteiger partial charge in [0.15, 0.2) is 0 Å². The number of nitrogens with one attached hydrogen (secondary N) is 2. The lowest BCUT2D eigenvalue weighted by atomic mass is 10.1. The van der Waals surface area contributed by atoms with Gasteiger partial charge >= 0.3 is 6.09 Å². The Bertz CT molecular complexity index is 794. The van der Waals surface area contributed by atoms with Gasteiger partial charge in [-0.05, 0) is 56.0 Å². The number of hydrogen-bond donors (Lipinski definition) is 2. The van der Waals surface area contributed by atoms with Gasteiger partial charge in [0, 0.05) is 30.0 Å². The van der Waals surface area contributed by atoms with Crippen LogP contribution in [0.25, 0.3) is 0 Å². The van der Waals surface area contributed by atoms with Crippen LogP contribution in [0, 0.1) is 19.8 Å². The minimum absolute atomic E-state index is 0.0564. The summed E-state index contributed by atoms with van der Waals surface area (Å²) < 4.78 is 6.57. The SMILES string of the molecule is COC(=O)Nc1ccc(NC(=O)CCc2c(C)nn(CC(C)C)c2C)cc1. The number of anilines is 2. The van der Waals surface area contributed by atoms with Gasteiger partial charge in [-0.15, -0.1) is 0 Å². The highest BCUT2D eigenvalue weighted by Crippen LogP contribution is 2.18. The van der Waals surface area contributed by atoms with Crippen LogP contribution in [-0.2, 0) is 22.5 Å². The van der Waals surface area contributed by atoms with Gasteiger partial charge in [0.2, 0.25) is 5.91 Å². The van der Waals surface area contributed by atoms with Crippen molar-refractivity contribution in [3.05, 3.63) is 41.2 Å². The second-order valence-corrected chi connectivity index (χ2v) is 6.97. The van der Waals surface area contributed by atoms with E-state index in [0.29, 0.717) is 30.1 Å². The van der Waals surface area contributed by atoms with E-state index < -0.39 is 6.09 Å². The third kappa shape index (κ3) is 5.84. The molecule has 2 rings (SSSR count). The van der Waals surface area contributed by atoms with Gasteiger partial charge in [-0.1, -0.05) is 13.8 Å². The number of methoxy groups -OCH3 is 1. The Balaban J connectivity index is 1.91. The van der Waals surface area contributed by atoms with E-state index >= 15 is 0 Å². The van der Waals surface area contributed by atoms with Crippen LogP contribution >= 0.6 is 0 Å². The topological polar surface area (TPSA) is 85.2 Å². The van der Waals surface area contributed by atoms with Gasteiger partial charge in [-0.2, -0.15) is 5.10 Å². The van der Waals surface area contributed by atoms with Crippen LogP contribution in [0.15, 0.2) is 24.3 Å². The van der Waals surface area contributed by atoms with Gasteiger partial charge in [0.1, 0.15) is 0 Å². The lowest BCUT2D eigenvalue weighted by Gasteiger charge is -2.09. The molecule has 146 valence electrons. The molecule has 2 aromatic rings. The van der Waals surface area contributed by atoms with Gasteiger partial charge < -0.3 is 10.1 Å². The lowest BCUT2D eigenvalue weighted by Crippen LogP contribution is -2.13. The number of rotatable bonds is 7. The standard InChI is InChI=1S/C20H28N4O3/c1-13(2)12-24-15(4)18(14(3)23-24)10-11-19(25)21-16-6-8-17(9-7-16)22-20(26)27-5/h6-9,13H,10-12H2,1-5H3,(H,21,25)(H,22,26). The number of benzene rings is 1. The molecule has 0 atom stereocenters. The molecular formula is C20H28N4O3. The summed E-state index contributed by atoms with van der Waals surface area (Å²) in [6.07, 6.45) is 0.511. The second kappa shape index (κ2) is 9.21. The van der Waals surface area contributed by atoms with Crippen LogP contribution in [-0.4, -0.2) is 28.9 Å². The Hall–Kier alpha value is -2.83. The maximum atomic E-state index is 12.3. The zero-order chi connectivity index (χ0) is 20.0. The highest BCUT2D eigenvalue weighted by Gasteiger charge is 2.14. The zero-order valence-corrected chi connectivity index (χ0v) is 16.6. The van der Waals surface area contributed by atoms with E-state index in [2.05, 4.69) is 41.2 Å². The molecule has 0 bridgehead atoms. The van der Waals surface area contributed by atoms with E-state index in [4.69, 9.17) is 0 Å². The second-order valence-electron chi connectivity index (χ2n) is 6.97. The third-order valence-electron chi connectivity index (χ3n) is 4.27. The van der Waals surface area contributed by atoms with Crippen molar-refractivity contribution < 1.29 is 14.3 Å². The number of carbonyl (C=O) groups is 2. The summed E-state index contributed by atoms with van der Waals surface area (Å²) in [5, 5.41) is 10.0. The van der Waals surface area contributed by atoms with Crippen LogP contribution < -0.4 is 10.6 Å². The summed E-state index contributed by atoms with van der Waals surface area (Å²) in [5.41, 5.74) is 4.54. The van der Waals surface area contributed by atoms with E-state index in [0.717, 1.165) is 23.5 Å². The van der Waals surface area contributed by atoms with Crippen LogP contribution in [0.4, 0.5) is 16.2 Å². The average molecular weight is 372 g/mol. The Morgan fingerprint density at radius 2 is 1.70 bits per heavy atom. The van der Waals surface area contributed by atoms with E-state index in [1.54, 1.807) is 24.3 Å². The van der Waals surface area contributed by atoms with Crippen molar-refractivity contribution in [2.45, 2.75) is 47.1 Å². The number of aromatic nitrogens is 2. The fourth-order valence-corrected chi connectivity index (χ4v) is 2.89. The molecule has 0 aliphatic rings. The maximum Gasteiger partial charge on any atom is 0.411 e. The minimum Gasteiger partial charge on any atom is -0.453 e. The van der Waals surface area contributed by atoms with Crippen LogP contribution in [0.1, 0.15) is 37.2 Å². The van der Waals surface area contributed by atoms with Gasteiger partial charge in [0.05, 0.1) is 12.8 Å². The molecule has 1 aromatic heterocycles. The number of aryl methyl sites for hydroxylation is 1. The molecule has 27 heavy (non-hydrogen) atoms. The summed E-state index contributed by atoms with van der Waals surface area (Å²) in [7, 11) is 1.31. The highest BCUT2D eigenvalue weighted by atomic mass is 16.5. The molecule has 0 saturated carbocycles. The summed E-state index contributed by atoms with van der Waals surface area (Å²) in [5.74, 6) is 0.467. The van der Waals surface area contributed by atoms with E-state index in [1.165, 1.54) is 7.11 Å². The Morgan fingerprint density at radius 3 is 2.26 bits per heavy atom. The van der Waals surface area contributed by atoms with Crippen LogP contribution in [0.5, 0.6) is 0 Å². The van der Waals surface area contributed by atoms with Gasteiger partial charge in [0.25, 0.3) is 0 Å². The molecule has 7 heteroatoms. The number of carbonyl (C=O) groups excluding carboxylic acids is 2. The van der Waals surface area contributed by atoms with E-state index in [1.807, 2.05) is 11.6 Å². The molecule has 0 radical (unpaired) electrons. The normalized spacial score (nSPS) is 10.7. The van der Waals surface area contributed by atoms with Gasteiger partial charge in [-0.3, -0.25) is 14.8 Å². The number of ether oxygens (including phenoxy) is 1. The molecule has 7 nitrogen and oxygen atoms in total. The average Bonchev–Trinajstić information content (AvgIpc) is 2.87. The molecule has 0 spiro atoms. The minimum atomic E-state index is -0.532. The van der Waals surface area contributed by atoms with Crippen molar-refractivity contribution >= 4 is 23.4 Å². The van der Waals surface area contributed by atoms with Crippen molar-refractivity contribution in [2.75, 3.05) is 17.7 Å². The Morgan fingerprint density at radius 1 is 1.11 bits per heavy atom. The first-order valence-electron chi connectivity index (χ1n) is 9.08. The van der Waals surface area contributed by atoms with Crippen molar-refractivity contribution in [1.29, 1.82) is 0 Å². The number of nitrogens with zero attached hydrogens (tertiary/aromatic N) is 2. The number of hydrogen-bond acceptors (Lipinski definition) is 4. The zero-order valence-electron chi connectivity index (χ0n) is 16.6. The molecule has 0 aliphatic carbocycles. The first-order valence-corrected chi connectivity index (χ1v) is 9.08. The predicted octanol–water partition coefficient (Wildman–Crippen LogP) is 3.91. The molecule has 0 unspecified atom stereocenters. The summed E-state index contributed by atoms with van der Waals surface area (Å²) >= 11 is 0. The molecule has 0 saturated heterocycles. The first-order chi connectivity index (χ1) is 12.8. The van der Waals surface area contributed by atoms with Crippen molar-refractivity contribution in [3.63, 3.8) is 0 Å². The van der Waals surface area contributed by atoms with Crippen molar-refractivity contribution in [3.8, 4) is 0 Å². The molecule has 1 aromatic carbocycles. The smallest absolute Gasteiger partial charge is 0.411 e. The fourth-order valence-electron chi connectivity index (χ4n) is 2.89. The van der Waals surface area contributed by atoms with Crippen molar-refractivity contribution in [1.82, 2.24) is 9.78 Å². The van der Waals surface area contributed by atoms with E-state index in [-0.39, 0.29) is 5.91 Å². The molecule has 0 fully saturated rings. The first kappa shape index (κ1) is 20.5. The van der Waals surface area contributed by atoms with E-state index in [9.17, 15) is 9.59 Å². The lowest BCUT2D eigenvalue weighted by molar-refractivity contribution is -0.116. The fraction of sp³-hybridized carbons (Fsp3) is 0.450. The summed E-state index contributed by atoms with van der Waals surface area (Å²) in [4.78, 5) is 23.4. The highest BCUT2D eigenvalue weighted by molar-refractivity contribution is 5.91. The molecule has 2 amide bonds. The maximum absolute atomic E-state index is 12.3. The molecule has 1 heterocycles. The molecule has 0 aliphatic heterocycles. The Labute approximate surface area is 160 Å². The Kier molecular flexibility index (Phi) is 6.98. The summed E-state index contributed by atoms with van der Waals surface area (Å²) in [6, 6.07) is 6.88. The monoisotopic (exact) mass is 372 g/mol. The van der Waals surface area contributed by atoms with Gasteiger partial charge in [-0.25, -0.2) is 4.79 Å². The number of amides is 2. The molecule has 2 N–H and O–H groups in total.